The molecule has 0 spiro atoms. The molecule has 4 amide bonds. The molecule has 2 aromatic rings. The summed E-state index contributed by atoms with van der Waals surface area (Å²) < 4.78 is 71.1. The first-order valence-corrected chi connectivity index (χ1v) is 9.59. The zero-order chi connectivity index (χ0) is 25.4. The molecule has 1 aliphatic heterocycles. The van der Waals surface area contributed by atoms with Gasteiger partial charge in [0.05, 0.1) is 32.0 Å². The second-order valence-electron chi connectivity index (χ2n) is 6.79. The number of carbonyl (C=O) groups excluding carboxylic acids is 3. The van der Waals surface area contributed by atoms with Gasteiger partial charge in [-0.3, -0.25) is 14.9 Å². The Morgan fingerprint density at radius 3 is 2.12 bits per heavy atom. The zero-order valence-corrected chi connectivity index (χ0v) is 18.4. The van der Waals surface area contributed by atoms with Crippen molar-refractivity contribution in [1.82, 2.24) is 10.6 Å². The van der Waals surface area contributed by atoms with Crippen molar-refractivity contribution in [3.63, 3.8) is 0 Å². The van der Waals surface area contributed by atoms with E-state index in [0.29, 0.717) is 0 Å². The molecule has 0 radical (unpaired) electrons. The SMILES string of the molecule is COc1cc(C(=O)N[C@]2(C(F)(F)F)NC(=O)N(c3ccc(F)c(Cl)c3)C2=O)cc(OC)c1OC. The van der Waals surface area contributed by atoms with Crippen molar-refractivity contribution in [1.29, 1.82) is 0 Å². The second kappa shape index (κ2) is 8.89. The fraction of sp³-hybridized carbons (Fsp3) is 0.250. The molecule has 0 aliphatic carbocycles. The largest absolute Gasteiger partial charge is 0.493 e. The number of nitrogens with zero attached hydrogens (tertiary/aromatic N) is 1. The van der Waals surface area contributed by atoms with Gasteiger partial charge in [-0.25, -0.2) is 14.1 Å². The van der Waals surface area contributed by atoms with E-state index in [9.17, 15) is 31.9 Å². The Kier molecular flexibility index (Phi) is 6.51. The molecule has 182 valence electrons. The summed E-state index contributed by atoms with van der Waals surface area (Å²) in [5.74, 6) is -4.22. The van der Waals surface area contributed by atoms with Crippen molar-refractivity contribution >= 4 is 35.1 Å². The molecule has 0 saturated carbocycles. The molecule has 0 bridgehead atoms. The van der Waals surface area contributed by atoms with E-state index in [1.807, 2.05) is 0 Å². The Morgan fingerprint density at radius 2 is 1.65 bits per heavy atom. The van der Waals surface area contributed by atoms with E-state index >= 15 is 0 Å². The van der Waals surface area contributed by atoms with Gasteiger partial charge in [-0.2, -0.15) is 13.2 Å². The van der Waals surface area contributed by atoms with E-state index < -0.39 is 51.8 Å². The van der Waals surface area contributed by atoms with E-state index in [-0.39, 0.29) is 22.1 Å². The number of urea groups is 1. The van der Waals surface area contributed by atoms with Gasteiger partial charge in [-0.15, -0.1) is 0 Å². The second-order valence-corrected chi connectivity index (χ2v) is 7.19. The first-order chi connectivity index (χ1) is 15.9. The molecule has 14 heteroatoms. The highest BCUT2D eigenvalue weighted by Gasteiger charge is 2.69. The monoisotopic (exact) mass is 505 g/mol. The van der Waals surface area contributed by atoms with Gasteiger partial charge in [0.15, 0.2) is 11.5 Å². The van der Waals surface area contributed by atoms with Crippen LogP contribution in [-0.2, 0) is 4.79 Å². The number of hydrogen-bond acceptors (Lipinski definition) is 6. The van der Waals surface area contributed by atoms with E-state index in [1.54, 1.807) is 5.32 Å². The number of amides is 4. The number of imide groups is 1. The molecule has 9 nitrogen and oxygen atoms in total. The van der Waals surface area contributed by atoms with E-state index in [1.165, 1.54) is 26.6 Å². The number of halogens is 5. The van der Waals surface area contributed by atoms with Crippen LogP contribution in [0.15, 0.2) is 30.3 Å². The summed E-state index contributed by atoms with van der Waals surface area (Å²) in [6, 6.07) is 3.03. The quantitative estimate of drug-likeness (QED) is 0.461. The lowest BCUT2D eigenvalue weighted by molar-refractivity contribution is -0.197. The minimum atomic E-state index is -5.48. The minimum absolute atomic E-state index is 0.0441. The number of anilines is 1. The number of alkyl halides is 3. The first kappa shape index (κ1) is 24.9. The average molecular weight is 506 g/mol. The molecular formula is C20H16ClF4N3O6. The molecule has 1 heterocycles. The third-order valence-corrected chi connectivity index (χ3v) is 5.13. The van der Waals surface area contributed by atoms with E-state index in [0.717, 1.165) is 30.3 Å². The van der Waals surface area contributed by atoms with Crippen LogP contribution in [0.2, 0.25) is 5.02 Å². The molecule has 1 fully saturated rings. The van der Waals surface area contributed by atoms with Crippen LogP contribution in [0.5, 0.6) is 17.2 Å². The van der Waals surface area contributed by atoms with Crippen molar-refractivity contribution < 1.29 is 46.2 Å². The summed E-state index contributed by atoms with van der Waals surface area (Å²) in [7, 11) is 3.73. The van der Waals surface area contributed by atoms with Crippen LogP contribution in [0.4, 0.5) is 28.0 Å². The predicted molar refractivity (Wildman–Crippen MR) is 110 cm³/mol. The van der Waals surface area contributed by atoms with Crippen molar-refractivity contribution in [2.75, 3.05) is 26.2 Å². The number of rotatable bonds is 6. The van der Waals surface area contributed by atoms with Crippen LogP contribution < -0.4 is 29.7 Å². The average Bonchev–Trinajstić information content (AvgIpc) is 3.04. The third-order valence-electron chi connectivity index (χ3n) is 4.84. The molecule has 34 heavy (non-hydrogen) atoms. The van der Waals surface area contributed by atoms with Crippen molar-refractivity contribution in [3.8, 4) is 17.2 Å². The van der Waals surface area contributed by atoms with Gasteiger partial charge in [-0.1, -0.05) is 11.6 Å². The highest BCUT2D eigenvalue weighted by molar-refractivity contribution is 6.31. The van der Waals surface area contributed by atoms with Crippen molar-refractivity contribution in [2.24, 2.45) is 0 Å². The van der Waals surface area contributed by atoms with Gasteiger partial charge < -0.3 is 19.5 Å². The van der Waals surface area contributed by atoms with E-state index in [4.69, 9.17) is 25.8 Å². The normalized spacial score (nSPS) is 17.9. The number of hydrogen-bond donors (Lipinski definition) is 2. The number of nitrogens with one attached hydrogen (secondary N) is 2. The van der Waals surface area contributed by atoms with Gasteiger partial charge in [-0.05, 0) is 30.3 Å². The topological polar surface area (TPSA) is 106 Å². The maximum absolute atomic E-state index is 14.1. The highest BCUT2D eigenvalue weighted by Crippen LogP contribution is 2.40. The summed E-state index contributed by atoms with van der Waals surface area (Å²) in [5.41, 5.74) is -4.67. The maximum atomic E-state index is 14.1. The van der Waals surface area contributed by atoms with Crippen LogP contribution in [0.25, 0.3) is 0 Å². The number of ether oxygens (including phenoxy) is 3. The lowest BCUT2D eigenvalue weighted by atomic mass is 10.1. The number of methoxy groups -OCH3 is 3. The first-order valence-electron chi connectivity index (χ1n) is 9.21. The maximum Gasteiger partial charge on any atom is 0.440 e. The lowest BCUT2D eigenvalue weighted by Gasteiger charge is -2.30. The van der Waals surface area contributed by atoms with E-state index in [2.05, 4.69) is 0 Å². The summed E-state index contributed by atoms with van der Waals surface area (Å²) in [5, 5.41) is 2.49. The van der Waals surface area contributed by atoms with Gasteiger partial charge in [0.1, 0.15) is 5.82 Å². The minimum Gasteiger partial charge on any atom is -0.493 e. The molecule has 1 atom stereocenters. The number of benzene rings is 2. The van der Waals surface area contributed by atoms with Crippen LogP contribution in [0.3, 0.4) is 0 Å². The van der Waals surface area contributed by atoms with Crippen molar-refractivity contribution in [2.45, 2.75) is 11.8 Å². The molecule has 2 aromatic carbocycles. The lowest BCUT2D eigenvalue weighted by Crippen LogP contribution is -2.69. The Hall–Kier alpha value is -3.74. The van der Waals surface area contributed by atoms with Crippen LogP contribution in [-0.4, -0.2) is 51.0 Å². The Balaban J connectivity index is 2.05. The van der Waals surface area contributed by atoms with Crippen LogP contribution >= 0.6 is 11.6 Å². The molecule has 3 rings (SSSR count). The summed E-state index contributed by atoms with van der Waals surface area (Å²) in [6.45, 7) is 0. The van der Waals surface area contributed by atoms with Gasteiger partial charge >= 0.3 is 12.2 Å². The fourth-order valence-corrected chi connectivity index (χ4v) is 3.37. The summed E-state index contributed by atoms with van der Waals surface area (Å²) >= 11 is 5.62. The fourth-order valence-electron chi connectivity index (χ4n) is 3.19. The summed E-state index contributed by atoms with van der Waals surface area (Å²) in [4.78, 5) is 38.2. The molecule has 0 aromatic heterocycles. The Morgan fingerprint density at radius 1 is 1.06 bits per heavy atom. The molecule has 2 N–H and O–H groups in total. The third kappa shape index (κ3) is 4.02. The van der Waals surface area contributed by atoms with Gasteiger partial charge in [0, 0.05) is 5.56 Å². The summed E-state index contributed by atoms with van der Waals surface area (Å²) in [6.07, 6.45) is -5.48. The Labute approximate surface area is 194 Å². The predicted octanol–water partition coefficient (Wildman–Crippen LogP) is 3.25. The highest BCUT2D eigenvalue weighted by atomic mass is 35.5. The zero-order valence-electron chi connectivity index (χ0n) is 17.7. The van der Waals surface area contributed by atoms with Crippen LogP contribution in [0, 0.1) is 5.82 Å². The van der Waals surface area contributed by atoms with Crippen molar-refractivity contribution in [3.05, 3.63) is 46.7 Å². The Bertz CT molecular complexity index is 1150. The molecular weight excluding hydrogens is 490 g/mol. The van der Waals surface area contributed by atoms with Gasteiger partial charge in [0.25, 0.3) is 17.5 Å². The van der Waals surface area contributed by atoms with Crippen LogP contribution in [0.1, 0.15) is 10.4 Å². The van der Waals surface area contributed by atoms with Gasteiger partial charge in [0.2, 0.25) is 5.75 Å². The standard InChI is InChI=1S/C20H16ClF4N3O6/c1-32-13-6-9(7-14(33-2)15(13)34-3)16(29)26-19(20(23,24)25)17(30)28(18(31)27-19)10-4-5-12(22)11(21)8-10/h4-8H,1-3H3,(H,26,29)(H,27,31)/t19-/m0/s1. The molecule has 1 saturated heterocycles. The molecule has 1 aliphatic rings. The number of carbonyl (C=O) groups is 3. The smallest absolute Gasteiger partial charge is 0.440 e. The molecule has 0 unspecified atom stereocenters.